The summed E-state index contributed by atoms with van der Waals surface area (Å²) in [4.78, 5) is 6.29. The highest BCUT2D eigenvalue weighted by Gasteiger charge is 2.23. The minimum atomic E-state index is -0.697. The van der Waals surface area contributed by atoms with Crippen LogP contribution in [0.4, 0.5) is 0 Å². The van der Waals surface area contributed by atoms with E-state index in [1.807, 2.05) is 72.6 Å². The van der Waals surface area contributed by atoms with Crippen LogP contribution in [0, 0.1) is 0 Å². The molecule has 1 aliphatic heterocycles. The zero-order chi connectivity index (χ0) is 13.9. The van der Waals surface area contributed by atoms with Gasteiger partial charge in [0, 0.05) is 18.2 Å². The van der Waals surface area contributed by atoms with E-state index in [2.05, 4.69) is 4.99 Å². The van der Waals surface area contributed by atoms with E-state index in [1.165, 1.54) is 0 Å². The third-order valence-electron chi connectivity index (χ3n) is 3.41. The highest BCUT2D eigenvalue weighted by molar-refractivity contribution is 5.95. The molecule has 3 nitrogen and oxygen atoms in total. The van der Waals surface area contributed by atoms with Gasteiger partial charge in [0.25, 0.3) is 0 Å². The molecule has 1 N–H and O–H groups in total. The molecule has 1 unspecified atom stereocenters. The topological polar surface area (TPSA) is 35.8 Å². The molecule has 0 aliphatic carbocycles. The largest absolute Gasteiger partial charge is 0.368 e. The van der Waals surface area contributed by atoms with Crippen molar-refractivity contribution in [2.75, 3.05) is 7.05 Å². The lowest BCUT2D eigenvalue weighted by Gasteiger charge is -2.31. The number of rotatable bonds is 2. The van der Waals surface area contributed by atoms with Gasteiger partial charge < -0.3 is 10.0 Å². The molecule has 0 aromatic heterocycles. The summed E-state index contributed by atoms with van der Waals surface area (Å²) in [6.45, 7) is 0. The summed E-state index contributed by atoms with van der Waals surface area (Å²) in [5.74, 6) is 0. The molecule has 0 saturated carbocycles. The molecule has 0 saturated heterocycles. The molecular weight excluding hydrogens is 248 g/mol. The van der Waals surface area contributed by atoms with E-state index in [9.17, 15) is 5.11 Å². The number of nitrogens with zero attached hydrogens (tertiary/aromatic N) is 2. The van der Waals surface area contributed by atoms with E-state index in [0.717, 1.165) is 22.5 Å². The van der Waals surface area contributed by atoms with Gasteiger partial charge >= 0.3 is 0 Å². The van der Waals surface area contributed by atoms with Crippen LogP contribution in [0.3, 0.4) is 0 Å². The molecular formula is C17H16N2O. The minimum absolute atomic E-state index is 0.697. The fraction of sp³-hybridized carbons (Fsp3) is 0.118. The van der Waals surface area contributed by atoms with Crippen molar-refractivity contribution in [3.8, 4) is 0 Å². The summed E-state index contributed by atoms with van der Waals surface area (Å²) >= 11 is 0. The van der Waals surface area contributed by atoms with Gasteiger partial charge in [0.1, 0.15) is 0 Å². The van der Waals surface area contributed by atoms with Crippen molar-refractivity contribution >= 4 is 17.6 Å². The second kappa shape index (κ2) is 5.31. The van der Waals surface area contributed by atoms with Gasteiger partial charge in [-0.25, -0.2) is 0 Å². The summed E-state index contributed by atoms with van der Waals surface area (Å²) in [5.41, 5.74) is 3.91. The molecule has 3 heteroatoms. The summed E-state index contributed by atoms with van der Waals surface area (Å²) < 4.78 is 0. The van der Waals surface area contributed by atoms with Crippen molar-refractivity contribution < 1.29 is 5.11 Å². The van der Waals surface area contributed by atoms with Crippen LogP contribution in [0.1, 0.15) is 11.1 Å². The van der Waals surface area contributed by atoms with Crippen molar-refractivity contribution in [1.82, 2.24) is 4.90 Å². The molecule has 20 heavy (non-hydrogen) atoms. The average molecular weight is 264 g/mol. The fourth-order valence-corrected chi connectivity index (χ4v) is 2.35. The molecule has 1 heterocycles. The predicted octanol–water partition coefficient (Wildman–Crippen LogP) is 2.85. The third-order valence-corrected chi connectivity index (χ3v) is 3.41. The smallest absolute Gasteiger partial charge is 0.163 e. The van der Waals surface area contributed by atoms with Crippen LogP contribution in [0.25, 0.3) is 11.4 Å². The molecule has 0 spiro atoms. The van der Waals surface area contributed by atoms with Gasteiger partial charge in [-0.3, -0.25) is 4.99 Å². The Morgan fingerprint density at radius 3 is 2.05 bits per heavy atom. The van der Waals surface area contributed by atoms with Gasteiger partial charge in [-0.1, -0.05) is 60.7 Å². The van der Waals surface area contributed by atoms with Gasteiger partial charge in [0.05, 0.1) is 17.6 Å². The Bertz CT molecular complexity index is 647. The maximum atomic E-state index is 10.0. The molecule has 2 aromatic carbocycles. The Labute approximate surface area is 118 Å². The van der Waals surface area contributed by atoms with Crippen LogP contribution in [0.15, 0.2) is 65.7 Å². The van der Waals surface area contributed by atoms with Gasteiger partial charge in [0.2, 0.25) is 0 Å². The van der Waals surface area contributed by atoms with Crippen molar-refractivity contribution in [3.05, 3.63) is 71.8 Å². The summed E-state index contributed by atoms with van der Waals surface area (Å²) in [6, 6.07) is 20.0. The zero-order valence-electron chi connectivity index (χ0n) is 11.3. The molecule has 100 valence electrons. The standard InChI is InChI=1S/C17H16N2O/c1-19-15(20)12-18-16(13-8-4-2-5-9-13)17(19)14-10-6-3-7-11-14/h2-12,15,20H,1H3. The maximum Gasteiger partial charge on any atom is 0.163 e. The monoisotopic (exact) mass is 264 g/mol. The molecule has 3 rings (SSSR count). The Morgan fingerprint density at radius 1 is 0.900 bits per heavy atom. The molecule has 2 aromatic rings. The SMILES string of the molecule is CN1C(c2ccccc2)=C(c2ccccc2)N=CC1O. The number of hydrogen-bond acceptors (Lipinski definition) is 3. The van der Waals surface area contributed by atoms with Gasteiger partial charge in [-0.2, -0.15) is 0 Å². The molecule has 1 aliphatic rings. The van der Waals surface area contributed by atoms with Gasteiger partial charge in [-0.05, 0) is 0 Å². The first-order chi connectivity index (χ1) is 9.77. The summed E-state index contributed by atoms with van der Waals surface area (Å²) in [7, 11) is 1.88. The minimum Gasteiger partial charge on any atom is -0.368 e. The Kier molecular flexibility index (Phi) is 3.35. The maximum absolute atomic E-state index is 10.0. The first-order valence-electron chi connectivity index (χ1n) is 6.57. The highest BCUT2D eigenvalue weighted by Crippen LogP contribution is 2.32. The molecule has 0 fully saturated rings. The van der Waals surface area contributed by atoms with Crippen LogP contribution < -0.4 is 0 Å². The molecule has 0 amide bonds. The summed E-state index contributed by atoms with van der Waals surface area (Å²) in [6.07, 6.45) is 0.868. The van der Waals surface area contributed by atoms with E-state index >= 15 is 0 Å². The van der Waals surface area contributed by atoms with Crippen molar-refractivity contribution in [2.24, 2.45) is 4.99 Å². The van der Waals surface area contributed by atoms with E-state index in [0.29, 0.717) is 0 Å². The number of aliphatic hydroxyl groups excluding tert-OH is 1. The first kappa shape index (κ1) is 12.6. The first-order valence-corrected chi connectivity index (χ1v) is 6.57. The third kappa shape index (κ3) is 2.24. The summed E-state index contributed by atoms with van der Waals surface area (Å²) in [5, 5.41) is 10.0. The number of aliphatic hydroxyl groups is 1. The highest BCUT2D eigenvalue weighted by atomic mass is 16.3. The molecule has 1 atom stereocenters. The normalized spacial score (nSPS) is 18.5. The van der Waals surface area contributed by atoms with Crippen LogP contribution in [-0.2, 0) is 0 Å². The predicted molar refractivity (Wildman–Crippen MR) is 82.0 cm³/mol. The molecule has 0 bridgehead atoms. The van der Waals surface area contributed by atoms with Gasteiger partial charge in [-0.15, -0.1) is 0 Å². The van der Waals surface area contributed by atoms with Crippen LogP contribution >= 0.6 is 0 Å². The number of aliphatic imine (C=N–C) groups is 1. The lowest BCUT2D eigenvalue weighted by atomic mass is 10.0. The molecule has 0 radical (unpaired) electrons. The van der Waals surface area contributed by atoms with Crippen LogP contribution in [0.5, 0.6) is 0 Å². The van der Waals surface area contributed by atoms with E-state index in [4.69, 9.17) is 0 Å². The van der Waals surface area contributed by atoms with Crippen LogP contribution in [-0.4, -0.2) is 29.5 Å². The number of benzene rings is 2. The van der Waals surface area contributed by atoms with Crippen molar-refractivity contribution in [2.45, 2.75) is 6.23 Å². The van der Waals surface area contributed by atoms with Crippen molar-refractivity contribution in [3.63, 3.8) is 0 Å². The van der Waals surface area contributed by atoms with E-state index < -0.39 is 6.23 Å². The van der Waals surface area contributed by atoms with Crippen molar-refractivity contribution in [1.29, 1.82) is 0 Å². The Balaban J connectivity index is 2.20. The second-order valence-electron chi connectivity index (χ2n) is 4.73. The zero-order valence-corrected chi connectivity index (χ0v) is 11.3. The lowest BCUT2D eigenvalue weighted by molar-refractivity contribution is 0.128. The Morgan fingerprint density at radius 2 is 1.45 bits per heavy atom. The number of hydrogen-bond donors (Lipinski definition) is 1. The lowest BCUT2D eigenvalue weighted by Crippen LogP contribution is -2.34. The fourth-order valence-electron chi connectivity index (χ4n) is 2.35. The second-order valence-corrected chi connectivity index (χ2v) is 4.73. The Hall–Kier alpha value is -2.39. The average Bonchev–Trinajstić information content (AvgIpc) is 2.51. The quantitative estimate of drug-likeness (QED) is 0.905. The van der Waals surface area contributed by atoms with E-state index in [1.54, 1.807) is 6.21 Å². The van der Waals surface area contributed by atoms with E-state index in [-0.39, 0.29) is 0 Å². The van der Waals surface area contributed by atoms with Gasteiger partial charge in [0.15, 0.2) is 6.23 Å². The van der Waals surface area contributed by atoms with Crippen LogP contribution in [0.2, 0.25) is 0 Å².